The molecule has 16 nitrogen and oxygen atoms in total. The van der Waals surface area contributed by atoms with Crippen LogP contribution in [-0.2, 0) is 23.8 Å². The zero-order valence-corrected chi connectivity index (χ0v) is 31.5. The standard InChI is InChI=1S/C40H44N6O10/c1-6-24-17-30(36(48)44-26-11-9-25(10-12-26)35(41)46-40(52)54-20-27-13-16-33(47)43-27)29(18-32(24)53-5)28-14-15-31(37(49)42-19-23-7-8-23)45-34(28)39(51)56-22(4)55-38(50)21(2)3/h6,9-12,14-15,17-18,21-23,27H,1,7-8,13,16,19-20H2,2-5H3,(H,42,49)(H,43,47)(H,44,48)(H2,41,46,52)/t22?,27-/m0/s1. The predicted octanol–water partition coefficient (Wildman–Crippen LogP) is 4.82. The summed E-state index contributed by atoms with van der Waals surface area (Å²) in [6, 6.07) is 11.8. The fourth-order valence-electron chi connectivity index (χ4n) is 5.59. The number of pyridine rings is 1. The maximum Gasteiger partial charge on any atom is 0.412 e. The number of aromatic nitrogens is 1. The quantitative estimate of drug-likeness (QED) is 0.0610. The van der Waals surface area contributed by atoms with Gasteiger partial charge in [-0.05, 0) is 73.7 Å². The van der Waals surface area contributed by atoms with Crippen molar-refractivity contribution in [1.29, 1.82) is 5.41 Å². The van der Waals surface area contributed by atoms with Crippen LogP contribution >= 0.6 is 0 Å². The Morgan fingerprint density at radius 3 is 2.34 bits per heavy atom. The van der Waals surface area contributed by atoms with Gasteiger partial charge >= 0.3 is 18.0 Å². The molecule has 0 spiro atoms. The number of rotatable bonds is 15. The molecule has 1 saturated heterocycles. The van der Waals surface area contributed by atoms with E-state index in [0.717, 1.165) is 12.8 Å². The van der Waals surface area contributed by atoms with Crippen molar-refractivity contribution in [3.63, 3.8) is 0 Å². The zero-order chi connectivity index (χ0) is 40.5. The van der Waals surface area contributed by atoms with Gasteiger partial charge in [-0.2, -0.15) is 0 Å². The minimum Gasteiger partial charge on any atom is -0.496 e. The first-order chi connectivity index (χ1) is 26.8. The van der Waals surface area contributed by atoms with Crippen LogP contribution in [-0.4, -0.2) is 79.2 Å². The highest BCUT2D eigenvalue weighted by Gasteiger charge is 2.28. The zero-order valence-electron chi connectivity index (χ0n) is 31.5. The molecule has 1 aliphatic carbocycles. The molecular weight excluding hydrogens is 724 g/mol. The van der Waals surface area contributed by atoms with E-state index in [1.807, 2.05) is 0 Å². The topological polar surface area (TPSA) is 224 Å². The Labute approximate surface area is 323 Å². The molecule has 294 valence electrons. The maximum absolute atomic E-state index is 14.0. The average Bonchev–Trinajstić information content (AvgIpc) is 3.92. The number of carbonyl (C=O) groups excluding carboxylic acids is 6. The van der Waals surface area contributed by atoms with E-state index in [1.54, 1.807) is 13.8 Å². The first kappa shape index (κ1) is 40.6. The van der Waals surface area contributed by atoms with Gasteiger partial charge < -0.3 is 34.9 Å². The van der Waals surface area contributed by atoms with Gasteiger partial charge in [-0.15, -0.1) is 0 Å². The average molecular weight is 769 g/mol. The third kappa shape index (κ3) is 10.5. The molecule has 56 heavy (non-hydrogen) atoms. The number of carbonyl (C=O) groups is 6. The third-order valence-corrected chi connectivity index (χ3v) is 8.88. The Bertz CT molecular complexity index is 2040. The van der Waals surface area contributed by atoms with Crippen molar-refractivity contribution in [1.82, 2.24) is 20.9 Å². The lowest BCUT2D eigenvalue weighted by Crippen LogP contribution is -2.36. The number of hydrogen-bond donors (Lipinski definition) is 5. The molecular formula is C40H44N6O10. The summed E-state index contributed by atoms with van der Waals surface area (Å²) in [5, 5.41) is 18.9. The number of nitrogens with one attached hydrogen (secondary N) is 5. The van der Waals surface area contributed by atoms with Gasteiger partial charge in [0, 0.05) is 53.4 Å². The summed E-state index contributed by atoms with van der Waals surface area (Å²) in [6.45, 7) is 8.90. The van der Waals surface area contributed by atoms with Gasteiger partial charge in [-0.25, -0.2) is 14.6 Å². The molecule has 16 heteroatoms. The normalized spacial score (nSPS) is 15.2. The van der Waals surface area contributed by atoms with E-state index in [2.05, 4.69) is 32.8 Å². The number of hydrogen-bond acceptors (Lipinski definition) is 12. The van der Waals surface area contributed by atoms with Gasteiger partial charge in [0.1, 0.15) is 23.9 Å². The molecule has 1 aromatic heterocycles. The lowest BCUT2D eigenvalue weighted by Gasteiger charge is -2.19. The summed E-state index contributed by atoms with van der Waals surface area (Å²) < 4.78 is 21.4. The number of amides is 4. The highest BCUT2D eigenvalue weighted by Crippen LogP contribution is 2.35. The minimum absolute atomic E-state index is 0.0256. The number of methoxy groups -OCH3 is 1. The van der Waals surface area contributed by atoms with Gasteiger partial charge in [0.2, 0.25) is 12.2 Å². The van der Waals surface area contributed by atoms with Crippen LogP contribution in [0.1, 0.15) is 88.9 Å². The Morgan fingerprint density at radius 1 is 0.982 bits per heavy atom. The molecule has 0 bridgehead atoms. The Kier molecular flexibility index (Phi) is 13.2. The first-order valence-corrected chi connectivity index (χ1v) is 18.0. The molecule has 1 unspecified atom stereocenters. The molecule has 1 aliphatic heterocycles. The second-order valence-electron chi connectivity index (χ2n) is 13.6. The number of nitrogens with zero attached hydrogens (tertiary/aromatic N) is 1. The minimum atomic E-state index is -1.30. The lowest BCUT2D eigenvalue weighted by atomic mass is 9.94. The summed E-state index contributed by atoms with van der Waals surface area (Å²) in [6.07, 6.45) is 2.28. The third-order valence-electron chi connectivity index (χ3n) is 8.88. The van der Waals surface area contributed by atoms with E-state index in [-0.39, 0.29) is 52.5 Å². The van der Waals surface area contributed by atoms with Crippen LogP contribution in [0.5, 0.6) is 5.75 Å². The Hall–Kier alpha value is -6.58. The van der Waals surface area contributed by atoms with Gasteiger partial charge in [-0.1, -0.05) is 26.5 Å². The fourth-order valence-corrected chi connectivity index (χ4v) is 5.59. The molecule has 2 atom stereocenters. The monoisotopic (exact) mass is 768 g/mol. The second kappa shape index (κ2) is 18.2. The molecule has 2 aromatic carbocycles. The molecule has 0 radical (unpaired) electrons. The lowest BCUT2D eigenvalue weighted by molar-refractivity contribution is -0.169. The second-order valence-corrected chi connectivity index (χ2v) is 13.6. The van der Waals surface area contributed by atoms with Gasteiger partial charge in [-0.3, -0.25) is 29.9 Å². The Balaban J connectivity index is 1.41. The molecule has 2 heterocycles. The van der Waals surface area contributed by atoms with Gasteiger partial charge in [0.25, 0.3) is 11.8 Å². The first-order valence-electron chi connectivity index (χ1n) is 18.0. The highest BCUT2D eigenvalue weighted by atomic mass is 16.7. The van der Waals surface area contributed by atoms with E-state index >= 15 is 0 Å². The number of alkyl carbamates (subject to hydrolysis) is 1. The van der Waals surface area contributed by atoms with Crippen molar-refractivity contribution in [2.24, 2.45) is 11.8 Å². The van der Waals surface area contributed by atoms with E-state index in [9.17, 15) is 28.8 Å². The number of esters is 2. The summed E-state index contributed by atoms with van der Waals surface area (Å²) >= 11 is 0. The smallest absolute Gasteiger partial charge is 0.412 e. The highest BCUT2D eigenvalue weighted by molar-refractivity contribution is 6.11. The Morgan fingerprint density at radius 2 is 1.71 bits per heavy atom. The van der Waals surface area contributed by atoms with Crippen molar-refractivity contribution < 1.29 is 47.7 Å². The number of amidine groups is 1. The van der Waals surface area contributed by atoms with Crippen LogP contribution in [0.3, 0.4) is 0 Å². The maximum atomic E-state index is 14.0. The van der Waals surface area contributed by atoms with E-state index in [4.69, 9.17) is 24.4 Å². The van der Waals surface area contributed by atoms with Crippen LogP contribution in [0.4, 0.5) is 10.5 Å². The van der Waals surface area contributed by atoms with Crippen LogP contribution in [0, 0.1) is 17.2 Å². The predicted molar refractivity (Wildman–Crippen MR) is 204 cm³/mol. The SMILES string of the molecule is C=Cc1cc(C(=O)Nc2ccc(C(=N)NC(=O)OC[C@@H]3CCC(=O)N3)cc2)c(-c2ccc(C(=O)NCC3CC3)nc2C(=O)OC(C)OC(=O)C(C)C)cc1OC. The van der Waals surface area contributed by atoms with Crippen LogP contribution in [0.25, 0.3) is 17.2 Å². The number of benzene rings is 2. The molecule has 2 fully saturated rings. The van der Waals surface area contributed by atoms with Crippen molar-refractivity contribution in [2.75, 3.05) is 25.6 Å². The number of ether oxygens (including phenoxy) is 4. The molecule has 1 saturated carbocycles. The molecule has 5 N–H and O–H groups in total. The molecule has 3 aromatic rings. The van der Waals surface area contributed by atoms with E-state index < -0.39 is 42.1 Å². The summed E-state index contributed by atoms with van der Waals surface area (Å²) in [5.74, 6) is -2.86. The van der Waals surface area contributed by atoms with Crippen molar-refractivity contribution in [3.8, 4) is 16.9 Å². The summed E-state index contributed by atoms with van der Waals surface area (Å²) in [4.78, 5) is 81.0. The molecule has 5 rings (SSSR count). The summed E-state index contributed by atoms with van der Waals surface area (Å²) in [7, 11) is 1.43. The summed E-state index contributed by atoms with van der Waals surface area (Å²) in [5.41, 5.74) is 1.10. The van der Waals surface area contributed by atoms with E-state index in [0.29, 0.717) is 47.9 Å². The largest absolute Gasteiger partial charge is 0.496 e. The van der Waals surface area contributed by atoms with Crippen LogP contribution < -0.4 is 26.0 Å². The fraction of sp³-hybridized carbons (Fsp3) is 0.350. The van der Waals surface area contributed by atoms with Crippen molar-refractivity contribution >= 4 is 53.4 Å². The van der Waals surface area contributed by atoms with Crippen LogP contribution in [0.15, 0.2) is 55.1 Å². The number of anilines is 1. The molecule has 2 aliphatic rings. The van der Waals surface area contributed by atoms with Crippen molar-refractivity contribution in [2.45, 2.75) is 58.8 Å². The molecule has 4 amide bonds. The van der Waals surface area contributed by atoms with Crippen LogP contribution in [0.2, 0.25) is 0 Å². The van der Waals surface area contributed by atoms with E-state index in [1.165, 1.54) is 68.6 Å². The van der Waals surface area contributed by atoms with Gasteiger partial charge in [0.05, 0.1) is 19.1 Å². The van der Waals surface area contributed by atoms with Gasteiger partial charge in [0.15, 0.2) is 5.69 Å². The van der Waals surface area contributed by atoms with Crippen molar-refractivity contribution in [3.05, 3.63) is 83.2 Å².